The summed E-state index contributed by atoms with van der Waals surface area (Å²) in [5, 5.41) is 8.79. The maximum absolute atomic E-state index is 8.79. The fourth-order valence-electron chi connectivity index (χ4n) is 5.55. The number of anilines is 4. The number of nitrogen functional groups attached to an aromatic ring is 1. The van der Waals surface area contributed by atoms with E-state index >= 15 is 0 Å². The van der Waals surface area contributed by atoms with Gasteiger partial charge in [-0.2, -0.15) is 0 Å². The molecule has 0 aliphatic heterocycles. The fraction of sp³-hybridized carbons (Fsp3) is 0.0233. The van der Waals surface area contributed by atoms with E-state index in [1.165, 1.54) is 38.9 Å². The molecule has 7 aromatic carbocycles. The van der Waals surface area contributed by atoms with Gasteiger partial charge in [-0.15, -0.1) is 0 Å². The van der Waals surface area contributed by atoms with Gasteiger partial charge in [0, 0.05) is 17.1 Å². The minimum atomic E-state index is 0.146. The highest BCUT2D eigenvalue weighted by molar-refractivity contribution is 5.92. The number of para-hydroxylation sites is 4. The standard InChI is InChI=1S/C37H29N.C6H7NO/c1-28-20-22-29(23-21-28)34-16-8-10-18-36(34)37-19-11-9-17-35(37)30-24-26-33(27-25-30)38(31-12-4-2-5-13-31)32-14-6-3-7-15-32;7-5-3-1-2-4-6(5)8/h2-27H,1H3;1-4,8H,7H2. The molecule has 0 saturated carbocycles. The second kappa shape index (κ2) is 14.1. The van der Waals surface area contributed by atoms with Gasteiger partial charge in [0.2, 0.25) is 0 Å². The number of nitrogens with two attached hydrogens (primary N) is 1. The van der Waals surface area contributed by atoms with Crippen LogP contribution in [0.4, 0.5) is 22.7 Å². The third-order valence-corrected chi connectivity index (χ3v) is 7.91. The first-order valence-electron chi connectivity index (χ1n) is 15.4. The average molecular weight is 597 g/mol. The molecule has 7 aromatic rings. The lowest BCUT2D eigenvalue weighted by molar-refractivity contribution is 0.478. The Hall–Kier alpha value is -6.06. The summed E-state index contributed by atoms with van der Waals surface area (Å²) < 4.78 is 0. The number of phenolic OH excluding ortho intramolecular Hbond substituents is 1. The molecule has 0 fully saturated rings. The molecule has 0 heterocycles. The Morgan fingerprint density at radius 1 is 0.391 bits per heavy atom. The van der Waals surface area contributed by atoms with Gasteiger partial charge in [-0.05, 0) is 88.8 Å². The highest BCUT2D eigenvalue weighted by atomic mass is 16.3. The third kappa shape index (κ3) is 6.85. The van der Waals surface area contributed by atoms with Crippen molar-refractivity contribution in [1.29, 1.82) is 0 Å². The molecule has 3 heteroatoms. The predicted octanol–water partition coefficient (Wildman–Crippen LogP) is 11.4. The van der Waals surface area contributed by atoms with Crippen molar-refractivity contribution in [2.24, 2.45) is 0 Å². The number of phenols is 1. The van der Waals surface area contributed by atoms with Gasteiger partial charge in [0.1, 0.15) is 5.75 Å². The van der Waals surface area contributed by atoms with E-state index in [0.29, 0.717) is 5.69 Å². The van der Waals surface area contributed by atoms with Crippen LogP contribution in [0.15, 0.2) is 182 Å². The number of aryl methyl sites for hydroxylation is 1. The van der Waals surface area contributed by atoms with Crippen LogP contribution in [-0.4, -0.2) is 5.11 Å². The molecule has 0 unspecified atom stereocenters. The van der Waals surface area contributed by atoms with Crippen LogP contribution in [0.3, 0.4) is 0 Å². The quantitative estimate of drug-likeness (QED) is 0.148. The summed E-state index contributed by atoms with van der Waals surface area (Å²) in [6.45, 7) is 2.13. The van der Waals surface area contributed by atoms with Gasteiger partial charge in [0.15, 0.2) is 0 Å². The van der Waals surface area contributed by atoms with Crippen LogP contribution in [0.2, 0.25) is 0 Å². The Morgan fingerprint density at radius 3 is 1.20 bits per heavy atom. The van der Waals surface area contributed by atoms with Crippen molar-refractivity contribution in [1.82, 2.24) is 0 Å². The van der Waals surface area contributed by atoms with E-state index in [9.17, 15) is 0 Å². The third-order valence-electron chi connectivity index (χ3n) is 7.91. The number of hydrogen-bond donors (Lipinski definition) is 2. The van der Waals surface area contributed by atoms with Crippen LogP contribution >= 0.6 is 0 Å². The maximum atomic E-state index is 8.79. The van der Waals surface area contributed by atoms with Crippen molar-refractivity contribution < 1.29 is 5.11 Å². The molecule has 0 radical (unpaired) electrons. The molecule has 224 valence electrons. The molecule has 3 nitrogen and oxygen atoms in total. The lowest BCUT2D eigenvalue weighted by Crippen LogP contribution is -2.09. The highest BCUT2D eigenvalue weighted by Crippen LogP contribution is 2.40. The number of benzene rings is 7. The van der Waals surface area contributed by atoms with Gasteiger partial charge in [0.05, 0.1) is 5.69 Å². The molecule has 3 N–H and O–H groups in total. The smallest absolute Gasteiger partial charge is 0.138 e. The number of aromatic hydroxyl groups is 1. The van der Waals surface area contributed by atoms with Gasteiger partial charge in [-0.3, -0.25) is 0 Å². The summed E-state index contributed by atoms with van der Waals surface area (Å²) in [4.78, 5) is 2.29. The Balaban J connectivity index is 0.000000407. The van der Waals surface area contributed by atoms with Gasteiger partial charge >= 0.3 is 0 Å². The lowest BCUT2D eigenvalue weighted by Gasteiger charge is -2.25. The van der Waals surface area contributed by atoms with Crippen molar-refractivity contribution in [2.45, 2.75) is 6.92 Å². The van der Waals surface area contributed by atoms with Gasteiger partial charge in [-0.1, -0.05) is 139 Å². The van der Waals surface area contributed by atoms with Crippen molar-refractivity contribution in [2.75, 3.05) is 10.6 Å². The summed E-state index contributed by atoms with van der Waals surface area (Å²) in [5.41, 5.74) is 17.8. The van der Waals surface area contributed by atoms with Crippen molar-refractivity contribution in [3.63, 3.8) is 0 Å². The fourth-order valence-corrected chi connectivity index (χ4v) is 5.55. The second-order valence-corrected chi connectivity index (χ2v) is 11.1. The first-order chi connectivity index (χ1) is 22.6. The van der Waals surface area contributed by atoms with Crippen LogP contribution < -0.4 is 10.6 Å². The zero-order valence-electron chi connectivity index (χ0n) is 25.8. The zero-order chi connectivity index (χ0) is 31.7. The molecule has 0 amide bonds. The molecule has 0 saturated heterocycles. The first kappa shape index (κ1) is 30.0. The van der Waals surface area contributed by atoms with E-state index in [0.717, 1.165) is 17.1 Å². The second-order valence-electron chi connectivity index (χ2n) is 11.1. The molecular formula is C43H36N2O. The summed E-state index contributed by atoms with van der Waals surface area (Å²) in [5.74, 6) is 0.146. The van der Waals surface area contributed by atoms with Crippen LogP contribution in [0, 0.1) is 6.92 Å². The van der Waals surface area contributed by atoms with E-state index in [1.54, 1.807) is 24.3 Å². The molecular weight excluding hydrogens is 560 g/mol. The molecule has 0 spiro atoms. The Morgan fingerprint density at radius 2 is 0.761 bits per heavy atom. The first-order valence-corrected chi connectivity index (χ1v) is 15.4. The number of hydrogen-bond acceptors (Lipinski definition) is 3. The Labute approximate surface area is 271 Å². The molecule has 0 aromatic heterocycles. The van der Waals surface area contributed by atoms with Crippen LogP contribution in [0.25, 0.3) is 33.4 Å². The lowest BCUT2D eigenvalue weighted by atomic mass is 9.89. The topological polar surface area (TPSA) is 49.5 Å². The molecule has 46 heavy (non-hydrogen) atoms. The van der Waals surface area contributed by atoms with E-state index in [-0.39, 0.29) is 5.75 Å². The van der Waals surface area contributed by atoms with Crippen LogP contribution in [0.5, 0.6) is 5.75 Å². The summed E-state index contributed by atoms with van der Waals surface area (Å²) in [6.07, 6.45) is 0. The SMILES string of the molecule is Cc1ccc(-c2ccccc2-c2ccccc2-c2ccc(N(c3ccccc3)c3ccccc3)cc2)cc1.Nc1ccccc1O. The molecule has 7 rings (SSSR count). The van der Waals surface area contributed by atoms with E-state index < -0.39 is 0 Å². The minimum absolute atomic E-state index is 0.146. The van der Waals surface area contributed by atoms with Crippen molar-refractivity contribution in [3.8, 4) is 39.1 Å². The summed E-state index contributed by atoms with van der Waals surface area (Å²) in [6, 6.07) is 62.9. The van der Waals surface area contributed by atoms with Gasteiger partial charge in [-0.25, -0.2) is 0 Å². The average Bonchev–Trinajstić information content (AvgIpc) is 3.12. The van der Waals surface area contributed by atoms with Crippen molar-refractivity contribution >= 4 is 22.7 Å². The summed E-state index contributed by atoms with van der Waals surface area (Å²) >= 11 is 0. The van der Waals surface area contributed by atoms with Crippen LogP contribution in [-0.2, 0) is 0 Å². The largest absolute Gasteiger partial charge is 0.506 e. The number of nitrogens with zero attached hydrogens (tertiary/aromatic N) is 1. The molecule has 0 bridgehead atoms. The Bertz CT molecular complexity index is 1940. The van der Waals surface area contributed by atoms with Gasteiger partial charge < -0.3 is 15.7 Å². The molecule has 0 aliphatic carbocycles. The normalized spacial score (nSPS) is 10.5. The van der Waals surface area contributed by atoms with Gasteiger partial charge in [0.25, 0.3) is 0 Å². The summed E-state index contributed by atoms with van der Waals surface area (Å²) in [7, 11) is 0. The molecule has 0 atom stereocenters. The predicted molar refractivity (Wildman–Crippen MR) is 195 cm³/mol. The minimum Gasteiger partial charge on any atom is -0.506 e. The van der Waals surface area contributed by atoms with Crippen molar-refractivity contribution in [3.05, 3.63) is 188 Å². The zero-order valence-corrected chi connectivity index (χ0v) is 25.8. The highest BCUT2D eigenvalue weighted by Gasteiger charge is 2.15. The van der Waals surface area contributed by atoms with E-state index in [2.05, 4.69) is 170 Å². The van der Waals surface area contributed by atoms with E-state index in [1.807, 2.05) is 0 Å². The maximum Gasteiger partial charge on any atom is 0.138 e. The van der Waals surface area contributed by atoms with Crippen LogP contribution in [0.1, 0.15) is 5.56 Å². The van der Waals surface area contributed by atoms with E-state index in [4.69, 9.17) is 10.8 Å². The molecule has 0 aliphatic rings. The number of rotatable bonds is 6. The monoisotopic (exact) mass is 596 g/mol. The Kier molecular flexibility index (Phi) is 9.22.